The molecule has 1 aliphatic rings. The summed E-state index contributed by atoms with van der Waals surface area (Å²) in [7, 11) is 0. The number of carbonyl (C=O) groups excluding carboxylic acids is 1. The third kappa shape index (κ3) is 5.13. The van der Waals surface area contributed by atoms with Crippen molar-refractivity contribution < 1.29 is 18.0 Å². The molecule has 1 fully saturated rings. The average Bonchev–Trinajstić information content (AvgIpc) is 2.84. The highest BCUT2D eigenvalue weighted by molar-refractivity contribution is 5.89. The van der Waals surface area contributed by atoms with Gasteiger partial charge in [-0.25, -0.2) is 14.8 Å². The summed E-state index contributed by atoms with van der Waals surface area (Å²) >= 11 is 0. The van der Waals surface area contributed by atoms with Crippen molar-refractivity contribution in [3.05, 3.63) is 71.4 Å². The molecule has 34 heavy (non-hydrogen) atoms. The highest BCUT2D eigenvalue weighted by Crippen LogP contribution is 2.31. The lowest BCUT2D eigenvalue weighted by molar-refractivity contribution is -0.137. The summed E-state index contributed by atoms with van der Waals surface area (Å²) < 4.78 is 38.8. The first-order valence-electron chi connectivity index (χ1n) is 11.2. The zero-order chi connectivity index (χ0) is 24.3. The molecule has 0 atom stereocenters. The average molecular weight is 470 g/mol. The molecule has 9 heteroatoms. The molecule has 178 valence electrons. The number of anilines is 2. The second-order valence-electron chi connectivity index (χ2n) is 8.13. The van der Waals surface area contributed by atoms with Gasteiger partial charge in [-0.2, -0.15) is 13.2 Å². The maximum absolute atomic E-state index is 12.9. The summed E-state index contributed by atoms with van der Waals surface area (Å²) in [5.41, 5.74) is 2.37. The molecular weight excluding hydrogens is 443 g/mol. The molecule has 0 unspecified atom stereocenters. The first-order valence-corrected chi connectivity index (χ1v) is 11.2. The van der Waals surface area contributed by atoms with Gasteiger partial charge in [0.25, 0.3) is 0 Å². The Balaban J connectivity index is 1.51. The Morgan fingerprint density at radius 3 is 2.21 bits per heavy atom. The van der Waals surface area contributed by atoms with Crippen molar-refractivity contribution in [3.8, 4) is 11.4 Å². The number of hydrogen-bond acceptors (Lipinski definition) is 4. The van der Waals surface area contributed by atoms with E-state index in [1.54, 1.807) is 4.90 Å². The van der Waals surface area contributed by atoms with Crippen LogP contribution in [-0.2, 0) is 12.6 Å². The minimum atomic E-state index is -4.39. The SMILES string of the molecule is CCc1c(C)nc(-c2ccc(C(F)(F)F)cc2)nc1N1CCN(C(=O)Nc2ccccc2)CC1. The Bertz CT molecular complexity index is 1140. The van der Waals surface area contributed by atoms with E-state index < -0.39 is 11.7 Å². The first kappa shape index (κ1) is 23.5. The van der Waals surface area contributed by atoms with E-state index in [2.05, 4.69) is 15.2 Å². The van der Waals surface area contributed by atoms with E-state index in [-0.39, 0.29) is 6.03 Å². The number of amides is 2. The number of hydrogen-bond donors (Lipinski definition) is 1. The van der Waals surface area contributed by atoms with Crippen molar-refractivity contribution in [2.24, 2.45) is 0 Å². The normalized spacial score (nSPS) is 14.3. The molecule has 0 bridgehead atoms. The van der Waals surface area contributed by atoms with Gasteiger partial charge in [-0.3, -0.25) is 0 Å². The summed E-state index contributed by atoms with van der Waals surface area (Å²) in [6.07, 6.45) is -3.66. The van der Waals surface area contributed by atoms with Crippen LogP contribution in [0.25, 0.3) is 11.4 Å². The molecule has 0 saturated carbocycles. The van der Waals surface area contributed by atoms with Crippen LogP contribution in [0.5, 0.6) is 0 Å². The molecule has 0 aliphatic carbocycles. The van der Waals surface area contributed by atoms with Crippen molar-refractivity contribution in [1.29, 1.82) is 0 Å². The minimum absolute atomic E-state index is 0.147. The Kier molecular flexibility index (Phi) is 6.72. The van der Waals surface area contributed by atoms with Crippen LogP contribution in [0, 0.1) is 6.92 Å². The van der Waals surface area contributed by atoms with Crippen molar-refractivity contribution in [1.82, 2.24) is 14.9 Å². The van der Waals surface area contributed by atoms with Crippen LogP contribution in [0.2, 0.25) is 0 Å². The summed E-state index contributed by atoms with van der Waals surface area (Å²) in [6, 6.07) is 14.1. The smallest absolute Gasteiger partial charge is 0.353 e. The maximum Gasteiger partial charge on any atom is 0.416 e. The van der Waals surface area contributed by atoms with Gasteiger partial charge in [0.2, 0.25) is 0 Å². The number of rotatable bonds is 4. The predicted molar refractivity (Wildman–Crippen MR) is 126 cm³/mol. The quantitative estimate of drug-likeness (QED) is 0.557. The van der Waals surface area contributed by atoms with Crippen molar-refractivity contribution in [2.45, 2.75) is 26.4 Å². The number of nitrogens with zero attached hydrogens (tertiary/aromatic N) is 4. The number of urea groups is 1. The number of nitrogens with one attached hydrogen (secondary N) is 1. The molecule has 2 heterocycles. The Morgan fingerprint density at radius 1 is 0.971 bits per heavy atom. The van der Waals surface area contributed by atoms with Crippen LogP contribution < -0.4 is 10.2 Å². The van der Waals surface area contributed by atoms with Crippen LogP contribution in [0.3, 0.4) is 0 Å². The van der Waals surface area contributed by atoms with Gasteiger partial charge >= 0.3 is 12.2 Å². The molecule has 2 amide bonds. The van der Waals surface area contributed by atoms with Gasteiger partial charge in [-0.05, 0) is 37.6 Å². The number of para-hydroxylation sites is 1. The highest BCUT2D eigenvalue weighted by atomic mass is 19.4. The molecule has 1 aliphatic heterocycles. The largest absolute Gasteiger partial charge is 0.416 e. The standard InChI is InChI=1S/C25H26F3N5O/c1-3-21-17(2)29-22(18-9-11-19(12-10-18)25(26,27)28)31-23(21)32-13-15-33(16-14-32)24(34)30-20-7-5-4-6-8-20/h4-12H,3,13-16H2,1-2H3,(H,30,34). The van der Waals surface area contributed by atoms with Crippen molar-refractivity contribution in [2.75, 3.05) is 36.4 Å². The van der Waals surface area contributed by atoms with E-state index in [1.807, 2.05) is 44.2 Å². The van der Waals surface area contributed by atoms with E-state index in [0.717, 1.165) is 41.3 Å². The van der Waals surface area contributed by atoms with Gasteiger partial charge in [0, 0.05) is 48.7 Å². The topological polar surface area (TPSA) is 61.4 Å². The van der Waals surface area contributed by atoms with Gasteiger partial charge < -0.3 is 15.1 Å². The number of piperazine rings is 1. The summed E-state index contributed by atoms with van der Waals surface area (Å²) in [5.74, 6) is 1.16. The van der Waals surface area contributed by atoms with E-state index in [4.69, 9.17) is 4.98 Å². The van der Waals surface area contributed by atoms with Gasteiger partial charge in [0.1, 0.15) is 5.82 Å². The number of alkyl halides is 3. The predicted octanol–water partition coefficient (Wildman–Crippen LogP) is 5.39. The number of benzene rings is 2. The highest BCUT2D eigenvalue weighted by Gasteiger charge is 2.30. The number of carbonyl (C=O) groups is 1. The maximum atomic E-state index is 12.9. The Morgan fingerprint density at radius 2 is 1.62 bits per heavy atom. The monoisotopic (exact) mass is 469 g/mol. The zero-order valence-corrected chi connectivity index (χ0v) is 19.1. The molecule has 2 aromatic carbocycles. The van der Waals surface area contributed by atoms with Crippen molar-refractivity contribution >= 4 is 17.5 Å². The first-order chi connectivity index (χ1) is 16.3. The Hall–Kier alpha value is -3.62. The van der Waals surface area contributed by atoms with Crippen LogP contribution >= 0.6 is 0 Å². The summed E-state index contributed by atoms with van der Waals surface area (Å²) in [4.78, 5) is 25.8. The second-order valence-corrected chi connectivity index (χ2v) is 8.13. The fourth-order valence-corrected chi connectivity index (χ4v) is 4.04. The Labute approximate surface area is 196 Å². The number of halogens is 3. The third-order valence-electron chi connectivity index (χ3n) is 5.91. The van der Waals surface area contributed by atoms with E-state index in [1.165, 1.54) is 12.1 Å². The lowest BCUT2D eigenvalue weighted by atomic mass is 10.1. The molecule has 1 saturated heterocycles. The van der Waals surface area contributed by atoms with Gasteiger partial charge in [-0.15, -0.1) is 0 Å². The number of aromatic nitrogens is 2. The van der Waals surface area contributed by atoms with E-state index >= 15 is 0 Å². The minimum Gasteiger partial charge on any atom is -0.353 e. The molecule has 3 aromatic rings. The molecule has 4 rings (SSSR count). The van der Waals surface area contributed by atoms with Crippen LogP contribution in [0.1, 0.15) is 23.7 Å². The third-order valence-corrected chi connectivity index (χ3v) is 5.91. The fraction of sp³-hybridized carbons (Fsp3) is 0.320. The van der Waals surface area contributed by atoms with Crippen LogP contribution in [0.15, 0.2) is 54.6 Å². The molecule has 0 spiro atoms. The molecule has 6 nitrogen and oxygen atoms in total. The van der Waals surface area contributed by atoms with Crippen molar-refractivity contribution in [3.63, 3.8) is 0 Å². The van der Waals surface area contributed by atoms with Crippen LogP contribution in [-0.4, -0.2) is 47.1 Å². The van der Waals surface area contributed by atoms with E-state index in [9.17, 15) is 18.0 Å². The van der Waals surface area contributed by atoms with Gasteiger partial charge in [0.15, 0.2) is 5.82 Å². The molecule has 0 radical (unpaired) electrons. The van der Waals surface area contributed by atoms with Gasteiger partial charge in [-0.1, -0.05) is 37.3 Å². The lowest BCUT2D eigenvalue weighted by Crippen LogP contribution is -2.50. The van der Waals surface area contributed by atoms with Gasteiger partial charge in [0.05, 0.1) is 5.56 Å². The summed E-state index contributed by atoms with van der Waals surface area (Å²) in [6.45, 7) is 6.16. The van der Waals surface area contributed by atoms with E-state index in [0.29, 0.717) is 37.6 Å². The number of aryl methyl sites for hydroxylation is 1. The van der Waals surface area contributed by atoms with Crippen LogP contribution in [0.4, 0.5) is 29.5 Å². The molecule has 1 aromatic heterocycles. The fourth-order valence-electron chi connectivity index (χ4n) is 4.04. The summed E-state index contributed by atoms with van der Waals surface area (Å²) in [5, 5.41) is 2.91. The lowest BCUT2D eigenvalue weighted by Gasteiger charge is -2.36. The molecular formula is C25H26F3N5O. The molecule has 1 N–H and O–H groups in total. The second kappa shape index (κ2) is 9.70. The zero-order valence-electron chi connectivity index (χ0n) is 19.1.